The van der Waals surface area contributed by atoms with Crippen molar-refractivity contribution in [2.45, 2.75) is 26.7 Å². The smallest absolute Gasteiger partial charge is 0.140 e. The Labute approximate surface area is 102 Å². The highest BCUT2D eigenvalue weighted by atomic mass is 16.2. The Bertz CT molecular complexity index is 379. The molecule has 0 bridgehead atoms. The first-order valence-electron chi connectivity index (χ1n) is 5.78. The molecule has 0 radical (unpaired) electrons. The maximum Gasteiger partial charge on any atom is 0.140 e. The first-order valence-corrected chi connectivity index (χ1v) is 5.78. The van der Waals surface area contributed by atoms with Gasteiger partial charge in [0.05, 0.1) is 11.9 Å². The Hall–Kier alpha value is -1.60. The van der Waals surface area contributed by atoms with E-state index in [-0.39, 0.29) is 12.0 Å². The van der Waals surface area contributed by atoms with Crippen molar-refractivity contribution in [1.29, 1.82) is 5.26 Å². The van der Waals surface area contributed by atoms with E-state index in [9.17, 15) is 0 Å². The number of aliphatic hydroxyl groups is 1. The summed E-state index contributed by atoms with van der Waals surface area (Å²) in [5.41, 5.74) is 1.48. The van der Waals surface area contributed by atoms with Crippen molar-refractivity contribution in [3.63, 3.8) is 0 Å². The van der Waals surface area contributed by atoms with E-state index in [0.29, 0.717) is 5.69 Å². The zero-order valence-corrected chi connectivity index (χ0v) is 10.4. The highest BCUT2D eigenvalue weighted by Crippen LogP contribution is 2.22. The standard InChI is InChI=1S/C13H19N3O/c1-13(2,6-3-7-17)10-16-12-5-4-11(8-14)15-9-12/h4-5,9,16-17H,3,6-7,10H2,1-2H3. The van der Waals surface area contributed by atoms with Crippen LogP contribution in [0, 0.1) is 16.7 Å². The Balaban J connectivity index is 2.46. The second kappa shape index (κ2) is 6.21. The van der Waals surface area contributed by atoms with Crippen LogP contribution in [0.15, 0.2) is 18.3 Å². The van der Waals surface area contributed by atoms with Crippen LogP contribution < -0.4 is 5.32 Å². The van der Waals surface area contributed by atoms with Crippen molar-refractivity contribution in [2.75, 3.05) is 18.5 Å². The van der Waals surface area contributed by atoms with Gasteiger partial charge < -0.3 is 10.4 Å². The van der Waals surface area contributed by atoms with E-state index in [0.717, 1.165) is 25.1 Å². The van der Waals surface area contributed by atoms with Crippen molar-refractivity contribution in [3.05, 3.63) is 24.0 Å². The van der Waals surface area contributed by atoms with Crippen molar-refractivity contribution < 1.29 is 5.11 Å². The first-order chi connectivity index (χ1) is 8.07. The zero-order chi connectivity index (χ0) is 12.7. The summed E-state index contributed by atoms with van der Waals surface area (Å²) in [6, 6.07) is 5.54. The van der Waals surface area contributed by atoms with Crippen molar-refractivity contribution in [1.82, 2.24) is 4.98 Å². The Kier molecular flexibility index (Phi) is 4.92. The van der Waals surface area contributed by atoms with E-state index < -0.39 is 0 Å². The third-order valence-corrected chi connectivity index (χ3v) is 2.66. The Morgan fingerprint density at radius 1 is 1.47 bits per heavy atom. The van der Waals surface area contributed by atoms with Gasteiger partial charge in [-0.2, -0.15) is 5.26 Å². The largest absolute Gasteiger partial charge is 0.396 e. The van der Waals surface area contributed by atoms with E-state index in [1.807, 2.05) is 12.1 Å². The summed E-state index contributed by atoms with van der Waals surface area (Å²) >= 11 is 0. The molecule has 0 aromatic carbocycles. The van der Waals surface area contributed by atoms with Crippen LogP contribution in [0.3, 0.4) is 0 Å². The second-order valence-corrected chi connectivity index (χ2v) is 4.89. The number of pyridine rings is 1. The fourth-order valence-electron chi connectivity index (χ4n) is 1.55. The zero-order valence-electron chi connectivity index (χ0n) is 10.4. The summed E-state index contributed by atoms with van der Waals surface area (Å²) in [5.74, 6) is 0. The molecule has 0 unspecified atom stereocenters. The molecule has 0 atom stereocenters. The lowest BCUT2D eigenvalue weighted by atomic mass is 9.88. The van der Waals surface area contributed by atoms with Crippen LogP contribution in [0.25, 0.3) is 0 Å². The molecule has 0 aliphatic carbocycles. The number of nitriles is 1. The number of hydrogen-bond acceptors (Lipinski definition) is 4. The van der Waals surface area contributed by atoms with Crippen LogP contribution in [-0.4, -0.2) is 23.2 Å². The summed E-state index contributed by atoms with van der Waals surface area (Å²) in [6.07, 6.45) is 3.46. The van der Waals surface area contributed by atoms with Gasteiger partial charge in [-0.1, -0.05) is 13.8 Å². The number of anilines is 1. The third-order valence-electron chi connectivity index (χ3n) is 2.66. The van der Waals surface area contributed by atoms with Crippen LogP contribution in [0.5, 0.6) is 0 Å². The van der Waals surface area contributed by atoms with E-state index in [1.54, 1.807) is 12.3 Å². The van der Waals surface area contributed by atoms with Gasteiger partial charge in [-0.25, -0.2) is 4.98 Å². The van der Waals surface area contributed by atoms with Gasteiger partial charge in [0.15, 0.2) is 0 Å². The summed E-state index contributed by atoms with van der Waals surface area (Å²) < 4.78 is 0. The number of aliphatic hydroxyl groups excluding tert-OH is 1. The van der Waals surface area contributed by atoms with Crippen LogP contribution >= 0.6 is 0 Å². The predicted molar refractivity (Wildman–Crippen MR) is 67.5 cm³/mol. The summed E-state index contributed by atoms with van der Waals surface area (Å²) in [4.78, 5) is 4.00. The minimum atomic E-state index is 0.136. The molecule has 0 saturated carbocycles. The van der Waals surface area contributed by atoms with E-state index in [4.69, 9.17) is 10.4 Å². The molecule has 1 aromatic heterocycles. The van der Waals surface area contributed by atoms with Crippen molar-refractivity contribution in [2.24, 2.45) is 5.41 Å². The van der Waals surface area contributed by atoms with Gasteiger partial charge in [-0.3, -0.25) is 0 Å². The molecule has 0 aliphatic heterocycles. The topological polar surface area (TPSA) is 68.9 Å². The highest BCUT2D eigenvalue weighted by molar-refractivity contribution is 5.42. The fraction of sp³-hybridized carbons (Fsp3) is 0.538. The molecular formula is C13H19N3O. The minimum absolute atomic E-state index is 0.136. The molecule has 0 spiro atoms. The SMILES string of the molecule is CC(C)(CCCO)CNc1ccc(C#N)nc1. The van der Waals surface area contributed by atoms with Gasteiger partial charge in [0.25, 0.3) is 0 Å². The van der Waals surface area contributed by atoms with Crippen molar-refractivity contribution >= 4 is 5.69 Å². The molecule has 0 aliphatic rings. The monoisotopic (exact) mass is 233 g/mol. The third kappa shape index (κ3) is 4.83. The minimum Gasteiger partial charge on any atom is -0.396 e. The normalized spacial score (nSPS) is 10.9. The van der Waals surface area contributed by atoms with E-state index >= 15 is 0 Å². The summed E-state index contributed by atoms with van der Waals surface area (Å²) in [6.45, 7) is 5.38. The molecule has 1 aromatic rings. The maximum absolute atomic E-state index is 8.81. The van der Waals surface area contributed by atoms with Gasteiger partial charge in [-0.05, 0) is 30.4 Å². The molecule has 17 heavy (non-hydrogen) atoms. The van der Waals surface area contributed by atoms with Crippen molar-refractivity contribution in [3.8, 4) is 6.07 Å². The molecule has 1 rings (SSSR count). The number of nitrogens with zero attached hydrogens (tertiary/aromatic N) is 2. The lowest BCUT2D eigenvalue weighted by Crippen LogP contribution is -2.23. The lowest BCUT2D eigenvalue weighted by Gasteiger charge is -2.25. The number of nitrogens with one attached hydrogen (secondary N) is 1. The van der Waals surface area contributed by atoms with Gasteiger partial charge in [0, 0.05) is 13.2 Å². The Morgan fingerprint density at radius 2 is 2.24 bits per heavy atom. The summed E-state index contributed by atoms with van der Waals surface area (Å²) in [7, 11) is 0. The van der Waals surface area contributed by atoms with Crippen LogP contribution in [0.1, 0.15) is 32.4 Å². The van der Waals surface area contributed by atoms with Crippen LogP contribution in [0.4, 0.5) is 5.69 Å². The predicted octanol–water partition coefficient (Wildman–Crippen LogP) is 2.16. The molecule has 1 heterocycles. The number of aromatic nitrogens is 1. The lowest BCUT2D eigenvalue weighted by molar-refractivity contribution is 0.248. The quantitative estimate of drug-likeness (QED) is 0.790. The van der Waals surface area contributed by atoms with Gasteiger partial charge in [-0.15, -0.1) is 0 Å². The maximum atomic E-state index is 8.81. The van der Waals surface area contributed by atoms with Gasteiger partial charge in [0.2, 0.25) is 0 Å². The van der Waals surface area contributed by atoms with Crippen LogP contribution in [0.2, 0.25) is 0 Å². The van der Waals surface area contributed by atoms with Gasteiger partial charge >= 0.3 is 0 Å². The first kappa shape index (κ1) is 13.5. The van der Waals surface area contributed by atoms with Crippen LogP contribution in [-0.2, 0) is 0 Å². The van der Waals surface area contributed by atoms with E-state index in [1.165, 1.54) is 0 Å². The number of hydrogen-bond donors (Lipinski definition) is 2. The van der Waals surface area contributed by atoms with Gasteiger partial charge in [0.1, 0.15) is 11.8 Å². The second-order valence-electron chi connectivity index (χ2n) is 4.89. The molecule has 0 fully saturated rings. The molecule has 0 saturated heterocycles. The molecule has 0 amide bonds. The average molecular weight is 233 g/mol. The number of rotatable bonds is 6. The summed E-state index contributed by atoms with van der Waals surface area (Å²) in [5, 5.41) is 20.7. The molecule has 92 valence electrons. The molecule has 4 heteroatoms. The highest BCUT2D eigenvalue weighted by Gasteiger charge is 2.16. The molecular weight excluding hydrogens is 214 g/mol. The molecule has 2 N–H and O–H groups in total. The molecule has 4 nitrogen and oxygen atoms in total. The van der Waals surface area contributed by atoms with E-state index in [2.05, 4.69) is 24.1 Å². The average Bonchev–Trinajstić information content (AvgIpc) is 2.35. The fourth-order valence-corrected chi connectivity index (χ4v) is 1.55. The Morgan fingerprint density at radius 3 is 2.76 bits per heavy atom.